The molecule has 0 aliphatic heterocycles. The SMILES string of the molecule is CC(NCc1cccc(C(F)(F)F)c1)C1CCCC1. The van der Waals surface area contributed by atoms with Crippen LogP contribution in [0.25, 0.3) is 0 Å². The molecule has 1 aromatic rings. The Hall–Kier alpha value is -1.03. The van der Waals surface area contributed by atoms with Crippen LogP contribution in [0.15, 0.2) is 24.3 Å². The van der Waals surface area contributed by atoms with Crippen molar-refractivity contribution in [2.24, 2.45) is 5.92 Å². The normalized spacial score (nSPS) is 18.7. The maximum Gasteiger partial charge on any atom is 0.416 e. The van der Waals surface area contributed by atoms with Gasteiger partial charge in [0, 0.05) is 12.6 Å². The van der Waals surface area contributed by atoms with Crippen LogP contribution in [0.5, 0.6) is 0 Å². The maximum absolute atomic E-state index is 12.6. The first-order valence-corrected chi connectivity index (χ1v) is 6.86. The smallest absolute Gasteiger partial charge is 0.310 e. The zero-order valence-corrected chi connectivity index (χ0v) is 11.1. The lowest BCUT2D eigenvalue weighted by atomic mass is 9.99. The van der Waals surface area contributed by atoms with Crippen molar-refractivity contribution in [2.75, 3.05) is 0 Å². The van der Waals surface area contributed by atoms with Crippen molar-refractivity contribution in [2.45, 2.75) is 51.4 Å². The van der Waals surface area contributed by atoms with Gasteiger partial charge in [-0.25, -0.2) is 0 Å². The van der Waals surface area contributed by atoms with Crippen LogP contribution in [0.2, 0.25) is 0 Å². The molecule has 1 saturated carbocycles. The van der Waals surface area contributed by atoms with Gasteiger partial charge in [-0.15, -0.1) is 0 Å². The van der Waals surface area contributed by atoms with Crippen LogP contribution >= 0.6 is 0 Å². The summed E-state index contributed by atoms with van der Waals surface area (Å²) < 4.78 is 37.8. The van der Waals surface area contributed by atoms with Gasteiger partial charge in [-0.2, -0.15) is 13.2 Å². The fourth-order valence-electron chi connectivity index (χ4n) is 2.76. The van der Waals surface area contributed by atoms with Crippen LogP contribution in [0.3, 0.4) is 0 Å². The molecule has 106 valence electrons. The zero-order chi connectivity index (χ0) is 13.9. The first kappa shape index (κ1) is 14.4. The summed E-state index contributed by atoms with van der Waals surface area (Å²) in [5, 5.41) is 3.35. The van der Waals surface area contributed by atoms with Gasteiger partial charge in [0.15, 0.2) is 0 Å². The minimum absolute atomic E-state index is 0.372. The lowest BCUT2D eigenvalue weighted by Crippen LogP contribution is -2.31. The molecular formula is C15H20F3N. The Morgan fingerprint density at radius 1 is 1.26 bits per heavy atom. The van der Waals surface area contributed by atoms with Crippen LogP contribution in [-0.4, -0.2) is 6.04 Å². The molecule has 1 aliphatic carbocycles. The quantitative estimate of drug-likeness (QED) is 0.857. The summed E-state index contributed by atoms with van der Waals surface area (Å²) in [4.78, 5) is 0. The molecule has 0 amide bonds. The van der Waals surface area contributed by atoms with Crippen molar-refractivity contribution in [3.63, 3.8) is 0 Å². The molecule has 0 spiro atoms. The Bertz CT molecular complexity index is 408. The second-order valence-corrected chi connectivity index (χ2v) is 5.41. The first-order chi connectivity index (χ1) is 8.97. The van der Waals surface area contributed by atoms with Crippen LogP contribution in [0.4, 0.5) is 13.2 Å². The fourth-order valence-corrected chi connectivity index (χ4v) is 2.76. The minimum Gasteiger partial charge on any atom is -0.310 e. The van der Waals surface area contributed by atoms with Crippen LogP contribution in [0, 0.1) is 5.92 Å². The van der Waals surface area contributed by atoms with E-state index >= 15 is 0 Å². The monoisotopic (exact) mass is 271 g/mol. The summed E-state index contributed by atoms with van der Waals surface area (Å²) in [6, 6.07) is 5.93. The van der Waals surface area contributed by atoms with Gasteiger partial charge in [0.2, 0.25) is 0 Å². The lowest BCUT2D eigenvalue weighted by molar-refractivity contribution is -0.137. The van der Waals surface area contributed by atoms with Crippen LogP contribution in [0.1, 0.15) is 43.7 Å². The van der Waals surface area contributed by atoms with E-state index in [-0.39, 0.29) is 0 Å². The van der Waals surface area contributed by atoms with E-state index < -0.39 is 11.7 Å². The van der Waals surface area contributed by atoms with E-state index in [1.165, 1.54) is 37.8 Å². The Morgan fingerprint density at radius 3 is 2.58 bits per heavy atom. The standard InChI is InChI=1S/C15H20F3N/c1-11(13-6-2-3-7-13)19-10-12-5-4-8-14(9-12)15(16,17)18/h4-5,8-9,11,13,19H,2-3,6-7,10H2,1H3. The molecule has 0 bridgehead atoms. The van der Waals surface area contributed by atoms with Gasteiger partial charge in [-0.1, -0.05) is 31.0 Å². The van der Waals surface area contributed by atoms with Crippen LogP contribution < -0.4 is 5.32 Å². The number of benzene rings is 1. The van der Waals surface area contributed by atoms with Crippen molar-refractivity contribution >= 4 is 0 Å². The summed E-state index contributed by atoms with van der Waals surface area (Å²) in [6.45, 7) is 2.63. The molecule has 1 nitrogen and oxygen atoms in total. The molecule has 1 unspecified atom stereocenters. The Kier molecular flexibility index (Phi) is 4.50. The van der Waals surface area contributed by atoms with E-state index in [1.54, 1.807) is 6.07 Å². The van der Waals surface area contributed by atoms with Gasteiger partial charge >= 0.3 is 6.18 Å². The molecule has 4 heteroatoms. The van der Waals surface area contributed by atoms with Crippen molar-refractivity contribution in [1.29, 1.82) is 0 Å². The van der Waals surface area contributed by atoms with Gasteiger partial charge in [0.25, 0.3) is 0 Å². The van der Waals surface area contributed by atoms with E-state index in [0.717, 1.165) is 6.07 Å². The van der Waals surface area contributed by atoms with Crippen molar-refractivity contribution in [3.05, 3.63) is 35.4 Å². The maximum atomic E-state index is 12.6. The third kappa shape index (κ3) is 3.96. The molecule has 1 N–H and O–H groups in total. The number of hydrogen-bond acceptors (Lipinski definition) is 1. The summed E-state index contributed by atoms with van der Waals surface area (Å²) >= 11 is 0. The van der Waals surface area contributed by atoms with Gasteiger partial charge in [0.05, 0.1) is 5.56 Å². The molecule has 0 heterocycles. The summed E-state index contributed by atoms with van der Waals surface area (Å²) in [7, 11) is 0. The largest absolute Gasteiger partial charge is 0.416 e. The average molecular weight is 271 g/mol. The molecular weight excluding hydrogens is 251 g/mol. The Balaban J connectivity index is 1.92. The molecule has 1 atom stereocenters. The number of alkyl halides is 3. The number of hydrogen-bond donors (Lipinski definition) is 1. The fraction of sp³-hybridized carbons (Fsp3) is 0.600. The average Bonchev–Trinajstić information content (AvgIpc) is 2.89. The topological polar surface area (TPSA) is 12.0 Å². The molecule has 1 fully saturated rings. The van der Waals surface area contributed by atoms with E-state index in [4.69, 9.17) is 0 Å². The van der Waals surface area contributed by atoms with Crippen molar-refractivity contribution in [1.82, 2.24) is 5.32 Å². The molecule has 1 aliphatic rings. The zero-order valence-electron chi connectivity index (χ0n) is 11.1. The highest BCUT2D eigenvalue weighted by Crippen LogP contribution is 2.30. The Morgan fingerprint density at radius 2 is 1.95 bits per heavy atom. The molecule has 0 saturated heterocycles. The minimum atomic E-state index is -4.26. The second kappa shape index (κ2) is 5.95. The van der Waals surface area contributed by atoms with Gasteiger partial charge in [0.1, 0.15) is 0 Å². The van der Waals surface area contributed by atoms with Gasteiger partial charge in [-0.3, -0.25) is 0 Å². The summed E-state index contributed by atoms with van der Waals surface area (Å²) in [5.41, 5.74) is 0.125. The van der Waals surface area contributed by atoms with E-state index in [0.29, 0.717) is 24.1 Å². The highest BCUT2D eigenvalue weighted by molar-refractivity contribution is 5.25. The predicted molar refractivity (Wildman–Crippen MR) is 69.7 cm³/mol. The molecule has 19 heavy (non-hydrogen) atoms. The van der Waals surface area contributed by atoms with Crippen LogP contribution in [-0.2, 0) is 12.7 Å². The highest BCUT2D eigenvalue weighted by Gasteiger charge is 2.30. The third-order valence-electron chi connectivity index (χ3n) is 3.99. The van der Waals surface area contributed by atoms with Gasteiger partial charge < -0.3 is 5.32 Å². The van der Waals surface area contributed by atoms with Crippen molar-refractivity contribution < 1.29 is 13.2 Å². The molecule has 1 aromatic carbocycles. The van der Waals surface area contributed by atoms with E-state index in [9.17, 15) is 13.2 Å². The molecule has 2 rings (SSSR count). The Labute approximate surface area is 112 Å². The van der Waals surface area contributed by atoms with Crippen molar-refractivity contribution in [3.8, 4) is 0 Å². The number of rotatable bonds is 4. The first-order valence-electron chi connectivity index (χ1n) is 6.86. The predicted octanol–water partition coefficient (Wildman–Crippen LogP) is 4.37. The molecule has 0 aromatic heterocycles. The second-order valence-electron chi connectivity index (χ2n) is 5.41. The van der Waals surface area contributed by atoms with E-state index in [2.05, 4.69) is 12.2 Å². The number of halogens is 3. The highest BCUT2D eigenvalue weighted by atomic mass is 19.4. The molecule has 0 radical (unpaired) electrons. The van der Waals surface area contributed by atoms with E-state index in [1.807, 2.05) is 0 Å². The summed E-state index contributed by atoms with van der Waals surface area (Å²) in [6.07, 6.45) is 0.765. The van der Waals surface area contributed by atoms with Gasteiger partial charge in [-0.05, 0) is 37.3 Å². The lowest BCUT2D eigenvalue weighted by Gasteiger charge is -2.20. The third-order valence-corrected chi connectivity index (χ3v) is 3.99. The summed E-state index contributed by atoms with van der Waals surface area (Å²) in [5.74, 6) is 0.672. The number of nitrogens with one attached hydrogen (secondary N) is 1.